The number of methoxy groups -OCH3 is 1. The number of benzene rings is 1. The Balaban J connectivity index is 2.56. The van der Waals surface area contributed by atoms with Gasteiger partial charge in [0, 0.05) is 11.9 Å². The maximum Gasteiger partial charge on any atom is 0.184 e. The molecule has 2 rings (SSSR count). The van der Waals surface area contributed by atoms with Crippen molar-refractivity contribution in [2.24, 2.45) is 7.05 Å². The van der Waals surface area contributed by atoms with Crippen LogP contribution in [0.1, 0.15) is 0 Å². The average molecular weight is 235 g/mol. The first-order valence-electron chi connectivity index (χ1n) is 4.83. The van der Waals surface area contributed by atoms with Gasteiger partial charge in [-0.3, -0.25) is 4.68 Å². The van der Waals surface area contributed by atoms with Gasteiger partial charge in [-0.05, 0) is 18.4 Å². The molecule has 0 aliphatic heterocycles. The zero-order chi connectivity index (χ0) is 11.5. The molecule has 0 unspecified atom stereocenters. The fourth-order valence-electron chi connectivity index (χ4n) is 1.53. The number of hydrogen-bond donors (Lipinski definition) is 0. The molecule has 1 heterocycles. The van der Waals surface area contributed by atoms with Gasteiger partial charge in [0.05, 0.1) is 12.7 Å². The van der Waals surface area contributed by atoms with E-state index >= 15 is 0 Å². The molecule has 0 N–H and O–H groups in total. The summed E-state index contributed by atoms with van der Waals surface area (Å²) in [5.41, 5.74) is 0.926. The number of hydrogen-bond acceptors (Lipinski definition) is 4. The predicted octanol–water partition coefficient (Wildman–Crippen LogP) is 2.21. The van der Waals surface area contributed by atoms with Crippen molar-refractivity contribution in [2.45, 2.75) is 4.90 Å². The molecule has 0 amide bonds. The Hall–Kier alpha value is -1.49. The molecule has 0 saturated heterocycles. The second kappa shape index (κ2) is 4.57. The summed E-state index contributed by atoms with van der Waals surface area (Å²) >= 11 is 1.65. The minimum atomic E-state index is 0.690. The summed E-state index contributed by atoms with van der Waals surface area (Å²) in [6, 6.07) is 5.98. The number of para-hydroxylation sites is 1. The largest absolute Gasteiger partial charge is 0.495 e. The zero-order valence-electron chi connectivity index (χ0n) is 9.47. The van der Waals surface area contributed by atoms with Gasteiger partial charge in [0.2, 0.25) is 0 Å². The molecule has 0 saturated carbocycles. The van der Waals surface area contributed by atoms with Crippen LogP contribution in [0.4, 0.5) is 0 Å². The Morgan fingerprint density at radius 2 is 2.19 bits per heavy atom. The normalized spacial score (nSPS) is 10.4. The molecule has 16 heavy (non-hydrogen) atoms. The van der Waals surface area contributed by atoms with Gasteiger partial charge < -0.3 is 4.74 Å². The van der Waals surface area contributed by atoms with Crippen LogP contribution in [0.25, 0.3) is 11.4 Å². The van der Waals surface area contributed by atoms with Crippen LogP contribution in [-0.4, -0.2) is 28.1 Å². The first kappa shape index (κ1) is 11.0. The maximum absolute atomic E-state index is 5.42. The van der Waals surface area contributed by atoms with Crippen LogP contribution >= 0.6 is 11.8 Å². The highest BCUT2D eigenvalue weighted by atomic mass is 32.2. The van der Waals surface area contributed by atoms with E-state index in [0.29, 0.717) is 5.82 Å². The summed E-state index contributed by atoms with van der Waals surface area (Å²) < 4.78 is 7.10. The first-order chi connectivity index (χ1) is 7.76. The van der Waals surface area contributed by atoms with E-state index in [0.717, 1.165) is 16.2 Å². The quantitative estimate of drug-likeness (QED) is 0.765. The van der Waals surface area contributed by atoms with Crippen LogP contribution in [-0.2, 0) is 7.05 Å². The summed E-state index contributed by atoms with van der Waals surface area (Å²) in [5.74, 6) is 1.52. The molecular formula is C11H13N3OS. The van der Waals surface area contributed by atoms with E-state index in [9.17, 15) is 0 Å². The lowest BCUT2D eigenvalue weighted by Crippen LogP contribution is -1.93. The number of nitrogens with zero attached hydrogens (tertiary/aromatic N) is 3. The van der Waals surface area contributed by atoms with E-state index in [1.54, 1.807) is 29.9 Å². The van der Waals surface area contributed by atoms with Crippen LogP contribution in [0, 0.1) is 0 Å². The van der Waals surface area contributed by atoms with E-state index in [2.05, 4.69) is 10.1 Å². The Bertz CT molecular complexity index is 496. The third kappa shape index (κ3) is 1.90. The molecule has 0 aliphatic rings. The molecule has 0 spiro atoms. The van der Waals surface area contributed by atoms with Crippen molar-refractivity contribution in [2.75, 3.05) is 13.4 Å². The van der Waals surface area contributed by atoms with Gasteiger partial charge in [-0.2, -0.15) is 5.10 Å². The van der Waals surface area contributed by atoms with Crippen LogP contribution in [0.2, 0.25) is 0 Å². The Kier molecular flexibility index (Phi) is 3.14. The van der Waals surface area contributed by atoms with Gasteiger partial charge >= 0.3 is 0 Å². The Morgan fingerprint density at radius 1 is 1.38 bits per heavy atom. The molecule has 0 fully saturated rings. The van der Waals surface area contributed by atoms with Gasteiger partial charge in [-0.25, -0.2) is 4.98 Å². The van der Waals surface area contributed by atoms with Crippen molar-refractivity contribution >= 4 is 11.8 Å². The van der Waals surface area contributed by atoms with Crippen LogP contribution in [0.3, 0.4) is 0 Å². The maximum atomic E-state index is 5.42. The molecular weight excluding hydrogens is 222 g/mol. The molecule has 2 aromatic rings. The van der Waals surface area contributed by atoms with Crippen molar-refractivity contribution in [1.29, 1.82) is 0 Å². The topological polar surface area (TPSA) is 39.9 Å². The smallest absolute Gasteiger partial charge is 0.184 e. The lowest BCUT2D eigenvalue weighted by molar-refractivity contribution is 0.406. The number of rotatable bonds is 3. The van der Waals surface area contributed by atoms with Crippen molar-refractivity contribution in [3.8, 4) is 17.1 Å². The van der Waals surface area contributed by atoms with E-state index in [-0.39, 0.29) is 0 Å². The van der Waals surface area contributed by atoms with Gasteiger partial charge in [0.15, 0.2) is 5.82 Å². The van der Waals surface area contributed by atoms with Crippen LogP contribution in [0.15, 0.2) is 29.4 Å². The summed E-state index contributed by atoms with van der Waals surface area (Å²) in [7, 11) is 3.52. The standard InChI is InChI=1S/C11H13N3OS/c1-14-7-12-11(13-14)8-5-4-6-9(16-3)10(8)15-2/h4-7H,1-3H3. The van der Waals surface area contributed by atoms with Crippen molar-refractivity contribution < 1.29 is 4.74 Å². The van der Waals surface area contributed by atoms with E-state index in [4.69, 9.17) is 4.74 Å². The van der Waals surface area contributed by atoms with Gasteiger partial charge in [-0.15, -0.1) is 11.8 Å². The summed E-state index contributed by atoms with van der Waals surface area (Å²) in [6.45, 7) is 0. The summed E-state index contributed by atoms with van der Waals surface area (Å²) in [6.07, 6.45) is 3.70. The molecule has 4 nitrogen and oxygen atoms in total. The number of ether oxygens (including phenoxy) is 1. The van der Waals surface area contributed by atoms with E-state index in [1.807, 2.05) is 31.5 Å². The Morgan fingerprint density at radius 3 is 2.75 bits per heavy atom. The molecule has 0 atom stereocenters. The highest BCUT2D eigenvalue weighted by molar-refractivity contribution is 7.98. The van der Waals surface area contributed by atoms with E-state index in [1.165, 1.54) is 0 Å². The number of aryl methyl sites for hydroxylation is 1. The van der Waals surface area contributed by atoms with Gasteiger partial charge in [0.1, 0.15) is 12.1 Å². The molecule has 84 valence electrons. The first-order valence-corrected chi connectivity index (χ1v) is 6.05. The van der Waals surface area contributed by atoms with Crippen LogP contribution in [0.5, 0.6) is 5.75 Å². The molecule has 1 aromatic carbocycles. The third-order valence-corrected chi connectivity index (χ3v) is 3.00. The molecule has 0 radical (unpaired) electrons. The molecule has 1 aromatic heterocycles. The second-order valence-corrected chi connectivity index (χ2v) is 4.13. The number of aromatic nitrogens is 3. The van der Waals surface area contributed by atoms with E-state index < -0.39 is 0 Å². The van der Waals surface area contributed by atoms with Crippen LogP contribution < -0.4 is 4.74 Å². The van der Waals surface area contributed by atoms with Gasteiger partial charge in [0.25, 0.3) is 0 Å². The summed E-state index contributed by atoms with van der Waals surface area (Å²) in [4.78, 5) is 5.32. The highest BCUT2D eigenvalue weighted by Gasteiger charge is 2.13. The monoisotopic (exact) mass is 235 g/mol. The minimum Gasteiger partial charge on any atom is -0.495 e. The predicted molar refractivity (Wildman–Crippen MR) is 64.8 cm³/mol. The Labute approximate surface area is 98.6 Å². The fourth-order valence-corrected chi connectivity index (χ4v) is 2.12. The average Bonchev–Trinajstić information content (AvgIpc) is 2.74. The highest BCUT2D eigenvalue weighted by Crippen LogP contribution is 2.35. The van der Waals surface area contributed by atoms with Gasteiger partial charge in [-0.1, -0.05) is 6.07 Å². The summed E-state index contributed by atoms with van der Waals surface area (Å²) in [5, 5.41) is 4.28. The van der Waals surface area contributed by atoms with Crippen molar-refractivity contribution in [1.82, 2.24) is 14.8 Å². The fraction of sp³-hybridized carbons (Fsp3) is 0.273. The SMILES string of the molecule is COc1c(SC)cccc1-c1ncn(C)n1. The lowest BCUT2D eigenvalue weighted by atomic mass is 10.2. The lowest BCUT2D eigenvalue weighted by Gasteiger charge is -2.09. The second-order valence-electron chi connectivity index (χ2n) is 3.28. The number of thioether (sulfide) groups is 1. The third-order valence-electron chi connectivity index (χ3n) is 2.24. The minimum absolute atomic E-state index is 0.690. The molecule has 0 aliphatic carbocycles. The zero-order valence-corrected chi connectivity index (χ0v) is 10.3. The van der Waals surface area contributed by atoms with Crippen molar-refractivity contribution in [3.63, 3.8) is 0 Å². The molecule has 5 heteroatoms. The molecule has 0 bridgehead atoms. The van der Waals surface area contributed by atoms with Crippen molar-refractivity contribution in [3.05, 3.63) is 24.5 Å².